The molecule has 0 saturated carbocycles. The topological polar surface area (TPSA) is 152 Å². The van der Waals surface area contributed by atoms with Crippen LogP contribution in [0.1, 0.15) is 0 Å². The first-order valence-corrected chi connectivity index (χ1v) is 6.79. The van der Waals surface area contributed by atoms with E-state index in [2.05, 4.69) is 15.4 Å². The van der Waals surface area contributed by atoms with Gasteiger partial charge in [-0.2, -0.15) is 0 Å². The van der Waals surface area contributed by atoms with Gasteiger partial charge in [-0.3, -0.25) is 5.32 Å². The molecule has 0 bridgehead atoms. The summed E-state index contributed by atoms with van der Waals surface area (Å²) in [6.45, 7) is 0. The van der Waals surface area contributed by atoms with E-state index in [1.165, 1.54) is 24.3 Å². The minimum Gasteiger partial charge on any atom is -0.368 e. The van der Waals surface area contributed by atoms with Gasteiger partial charge in [0.15, 0.2) is 9.84 Å². The van der Waals surface area contributed by atoms with E-state index in [-0.39, 0.29) is 10.9 Å². The first kappa shape index (κ1) is 14.6. The van der Waals surface area contributed by atoms with Crippen molar-refractivity contribution in [3.8, 4) is 0 Å². The predicted molar refractivity (Wildman–Crippen MR) is 68.4 cm³/mol. The number of urea groups is 1. The molecule has 19 heavy (non-hydrogen) atoms. The number of hydrogen-bond donors (Lipinski definition) is 3. The first-order chi connectivity index (χ1) is 8.79. The molecule has 10 heteroatoms. The fourth-order valence-corrected chi connectivity index (χ4v) is 1.66. The van der Waals surface area contributed by atoms with Crippen molar-refractivity contribution in [1.29, 1.82) is 0 Å². The summed E-state index contributed by atoms with van der Waals surface area (Å²) in [5.74, 6) is -0.302. The molecule has 0 heterocycles. The van der Waals surface area contributed by atoms with Gasteiger partial charge < -0.3 is 11.5 Å². The number of nitrogens with two attached hydrogens (primary N) is 2. The van der Waals surface area contributed by atoms with Gasteiger partial charge in [0.25, 0.3) is 0 Å². The number of nitrogens with zero attached hydrogens (tertiary/aromatic N) is 3. The molecule has 0 fully saturated rings. The maximum Gasteiger partial charge on any atom is 0.318 e. The molecule has 5 N–H and O–H groups in total. The molecule has 0 aliphatic carbocycles. The Labute approximate surface area is 109 Å². The molecule has 0 aliphatic heterocycles. The summed E-state index contributed by atoms with van der Waals surface area (Å²) in [6.07, 6.45) is 1.10. The summed E-state index contributed by atoms with van der Waals surface area (Å²) in [5.41, 5.74) is 10.4. The number of nitrogens with one attached hydrogen (secondary N) is 1. The lowest BCUT2D eigenvalue weighted by molar-refractivity contribution is 0.253. The van der Waals surface area contributed by atoms with E-state index in [0.29, 0.717) is 5.69 Å². The lowest BCUT2D eigenvalue weighted by Crippen LogP contribution is -2.39. The van der Waals surface area contributed by atoms with Crippen LogP contribution in [0.4, 0.5) is 10.5 Å². The Balaban J connectivity index is 2.76. The molecule has 0 unspecified atom stereocenters. The fourth-order valence-electron chi connectivity index (χ4n) is 1.03. The first-order valence-electron chi connectivity index (χ1n) is 4.90. The van der Waals surface area contributed by atoms with E-state index >= 15 is 0 Å². The van der Waals surface area contributed by atoms with Crippen molar-refractivity contribution in [3.05, 3.63) is 24.3 Å². The second-order valence-electron chi connectivity index (χ2n) is 3.43. The molecule has 0 radical (unpaired) electrons. The smallest absolute Gasteiger partial charge is 0.318 e. The highest BCUT2D eigenvalue weighted by molar-refractivity contribution is 7.90. The number of carbonyl (C=O) groups is 1. The summed E-state index contributed by atoms with van der Waals surface area (Å²) in [7, 11) is -3.25. The van der Waals surface area contributed by atoms with Gasteiger partial charge in [0.2, 0.25) is 5.96 Å². The van der Waals surface area contributed by atoms with Gasteiger partial charge in [-0.05, 0) is 29.5 Å². The second-order valence-corrected chi connectivity index (χ2v) is 5.45. The zero-order valence-electron chi connectivity index (χ0n) is 9.94. The van der Waals surface area contributed by atoms with Gasteiger partial charge in [0.05, 0.1) is 10.6 Å². The lowest BCUT2D eigenvalue weighted by atomic mass is 10.3. The van der Waals surface area contributed by atoms with E-state index in [9.17, 15) is 13.2 Å². The van der Waals surface area contributed by atoms with Crippen LogP contribution in [-0.2, 0) is 9.84 Å². The molecule has 1 rings (SSSR count). The second kappa shape index (κ2) is 5.91. The molecule has 9 nitrogen and oxygen atoms in total. The largest absolute Gasteiger partial charge is 0.368 e. The van der Waals surface area contributed by atoms with Crippen LogP contribution in [0.15, 0.2) is 44.6 Å². The Hall–Kier alpha value is -2.49. The molecule has 0 spiro atoms. The fraction of sp³-hybridized carbons (Fsp3) is 0.111. The molecule has 0 atom stereocenters. The molecule has 0 aliphatic rings. The standard InChI is InChI=1S/C9H12N6O3S/c1-19(17,18)7-4-2-6(3-5-7)13-15-14-8(10)12-9(11)16/h2-5H,1H3,(H5,10,11,12,13,14,16). The molecule has 1 aromatic carbocycles. The zero-order valence-corrected chi connectivity index (χ0v) is 10.8. The normalized spacial score (nSPS) is 12.6. The monoisotopic (exact) mass is 284 g/mol. The summed E-state index contributed by atoms with van der Waals surface area (Å²) in [6, 6.07) is 4.81. The van der Waals surface area contributed by atoms with Gasteiger partial charge in [-0.1, -0.05) is 5.10 Å². The molecular formula is C9H12N6O3S. The van der Waals surface area contributed by atoms with Crippen LogP contribution in [0.25, 0.3) is 0 Å². The maximum absolute atomic E-state index is 11.2. The minimum atomic E-state index is -3.25. The van der Waals surface area contributed by atoms with Crippen LogP contribution in [0.5, 0.6) is 0 Å². The highest BCUT2D eigenvalue weighted by Crippen LogP contribution is 2.16. The van der Waals surface area contributed by atoms with Crippen molar-refractivity contribution in [2.75, 3.05) is 6.26 Å². The summed E-state index contributed by atoms with van der Waals surface area (Å²) in [5, 5.41) is 12.3. The third-order valence-electron chi connectivity index (χ3n) is 1.83. The van der Waals surface area contributed by atoms with E-state index in [1.54, 1.807) is 0 Å². The van der Waals surface area contributed by atoms with Crippen LogP contribution >= 0.6 is 0 Å². The van der Waals surface area contributed by atoms with Gasteiger partial charge in [0, 0.05) is 6.26 Å². The summed E-state index contributed by atoms with van der Waals surface area (Å²) < 4.78 is 22.4. The Kier molecular flexibility index (Phi) is 4.53. The van der Waals surface area contributed by atoms with E-state index in [0.717, 1.165) is 6.26 Å². The van der Waals surface area contributed by atoms with E-state index in [4.69, 9.17) is 11.5 Å². The number of guanidine groups is 1. The highest BCUT2D eigenvalue weighted by Gasteiger charge is 2.05. The number of carbonyl (C=O) groups excluding carboxylic acids is 1. The molecule has 2 amide bonds. The number of primary amides is 1. The molecule has 1 aromatic rings. The van der Waals surface area contributed by atoms with Crippen molar-refractivity contribution in [2.45, 2.75) is 4.90 Å². The van der Waals surface area contributed by atoms with Crippen molar-refractivity contribution >= 4 is 27.5 Å². The van der Waals surface area contributed by atoms with Crippen LogP contribution < -0.4 is 16.8 Å². The Bertz CT molecular complexity index is 620. The number of benzene rings is 1. The van der Waals surface area contributed by atoms with Crippen molar-refractivity contribution < 1.29 is 13.2 Å². The minimum absolute atomic E-state index is 0.171. The predicted octanol–water partition coefficient (Wildman–Crippen LogP) is 0.0718. The maximum atomic E-state index is 11.2. The van der Waals surface area contributed by atoms with Crippen molar-refractivity contribution in [1.82, 2.24) is 5.32 Å². The summed E-state index contributed by atoms with van der Waals surface area (Å²) >= 11 is 0. The quantitative estimate of drug-likeness (QED) is 0.311. The highest BCUT2D eigenvalue weighted by atomic mass is 32.2. The van der Waals surface area contributed by atoms with Crippen molar-refractivity contribution in [2.24, 2.45) is 26.9 Å². The zero-order chi connectivity index (χ0) is 14.5. The number of hydrogen-bond acceptors (Lipinski definition) is 5. The Morgan fingerprint density at radius 2 is 1.79 bits per heavy atom. The average Bonchev–Trinajstić information content (AvgIpc) is 2.27. The van der Waals surface area contributed by atoms with Crippen LogP contribution in [-0.4, -0.2) is 26.7 Å². The SMILES string of the molecule is CS(=O)(=O)c1ccc(N=N/N=C(\N)NC(N)=O)cc1. The Morgan fingerprint density at radius 3 is 2.26 bits per heavy atom. The van der Waals surface area contributed by atoms with E-state index < -0.39 is 15.9 Å². The molecular weight excluding hydrogens is 272 g/mol. The van der Waals surface area contributed by atoms with Gasteiger partial charge in [-0.15, -0.1) is 5.11 Å². The van der Waals surface area contributed by atoms with E-state index in [1.807, 2.05) is 5.32 Å². The third-order valence-corrected chi connectivity index (χ3v) is 2.96. The lowest BCUT2D eigenvalue weighted by Gasteiger charge is -1.97. The van der Waals surface area contributed by atoms with Gasteiger partial charge in [-0.25, -0.2) is 13.2 Å². The molecule has 0 aromatic heterocycles. The van der Waals surface area contributed by atoms with Gasteiger partial charge >= 0.3 is 6.03 Å². The van der Waals surface area contributed by atoms with Gasteiger partial charge in [0.1, 0.15) is 0 Å². The Morgan fingerprint density at radius 1 is 1.21 bits per heavy atom. The average molecular weight is 284 g/mol. The third kappa shape index (κ3) is 5.12. The van der Waals surface area contributed by atoms with Crippen LogP contribution in [0.3, 0.4) is 0 Å². The van der Waals surface area contributed by atoms with Crippen molar-refractivity contribution in [3.63, 3.8) is 0 Å². The summed E-state index contributed by atoms with van der Waals surface area (Å²) in [4.78, 5) is 10.6. The number of amides is 2. The number of sulfone groups is 1. The van der Waals surface area contributed by atoms with Crippen LogP contribution in [0, 0.1) is 0 Å². The molecule has 102 valence electrons. The van der Waals surface area contributed by atoms with Crippen LogP contribution in [0.2, 0.25) is 0 Å². The number of rotatable bonds is 3. The molecule has 0 saturated heterocycles.